The maximum atomic E-state index is 11.3. The zero-order chi connectivity index (χ0) is 15.3. The van der Waals surface area contributed by atoms with Crippen LogP contribution < -0.4 is 0 Å². The first kappa shape index (κ1) is 16.1. The van der Waals surface area contributed by atoms with E-state index in [2.05, 4.69) is 0 Å². The summed E-state index contributed by atoms with van der Waals surface area (Å²) in [5.74, 6) is -0.703. The molecule has 0 saturated carbocycles. The predicted octanol–water partition coefficient (Wildman–Crippen LogP) is 3.09. The SMILES string of the molecule is CC1(C)O[C@H](CCCOCc2ccccc2)[C@@](C)(C=O)O1. The molecule has 0 spiro atoms. The van der Waals surface area contributed by atoms with Crippen LogP contribution in [0.5, 0.6) is 0 Å². The van der Waals surface area contributed by atoms with Gasteiger partial charge in [-0.15, -0.1) is 0 Å². The van der Waals surface area contributed by atoms with Crippen LogP contribution in [0.3, 0.4) is 0 Å². The zero-order valence-electron chi connectivity index (χ0n) is 13.0. The Hall–Kier alpha value is -1.23. The highest BCUT2D eigenvalue weighted by atomic mass is 16.8. The minimum atomic E-state index is -0.858. The Morgan fingerprint density at radius 1 is 1.24 bits per heavy atom. The number of carbonyl (C=O) groups is 1. The molecule has 1 fully saturated rings. The van der Waals surface area contributed by atoms with Crippen molar-refractivity contribution in [1.82, 2.24) is 0 Å². The number of aldehydes is 1. The van der Waals surface area contributed by atoms with Crippen molar-refractivity contribution in [3.05, 3.63) is 35.9 Å². The van der Waals surface area contributed by atoms with Gasteiger partial charge < -0.3 is 19.0 Å². The van der Waals surface area contributed by atoms with E-state index in [0.717, 1.165) is 24.7 Å². The van der Waals surface area contributed by atoms with E-state index in [0.29, 0.717) is 13.2 Å². The standard InChI is InChI=1S/C17H24O4/c1-16(2)20-15(17(3,13-18)21-16)10-7-11-19-12-14-8-5-4-6-9-14/h4-6,8-9,13,15H,7,10-12H2,1-3H3/t15-,17-/m1/s1. The van der Waals surface area contributed by atoms with Crippen LogP contribution in [0.4, 0.5) is 0 Å². The molecular formula is C17H24O4. The van der Waals surface area contributed by atoms with Crippen LogP contribution in [0.2, 0.25) is 0 Å². The van der Waals surface area contributed by atoms with E-state index in [4.69, 9.17) is 14.2 Å². The van der Waals surface area contributed by atoms with Gasteiger partial charge in [0.15, 0.2) is 12.1 Å². The van der Waals surface area contributed by atoms with Gasteiger partial charge >= 0.3 is 0 Å². The largest absolute Gasteiger partial charge is 0.377 e. The molecule has 1 aromatic carbocycles. The molecule has 21 heavy (non-hydrogen) atoms. The Bertz CT molecular complexity index is 457. The number of ether oxygens (including phenoxy) is 3. The van der Waals surface area contributed by atoms with Gasteiger partial charge in [0.25, 0.3) is 0 Å². The molecule has 1 heterocycles. The molecule has 116 valence electrons. The summed E-state index contributed by atoms with van der Waals surface area (Å²) in [6.45, 7) is 6.70. The molecule has 1 saturated heterocycles. The van der Waals surface area contributed by atoms with E-state index in [1.165, 1.54) is 0 Å². The molecule has 0 aromatic heterocycles. The molecule has 1 aromatic rings. The molecule has 0 bridgehead atoms. The van der Waals surface area contributed by atoms with E-state index >= 15 is 0 Å². The highest BCUT2D eigenvalue weighted by molar-refractivity contribution is 5.63. The van der Waals surface area contributed by atoms with Crippen LogP contribution in [-0.4, -0.2) is 30.4 Å². The molecule has 0 amide bonds. The summed E-state index contributed by atoms with van der Waals surface area (Å²) in [4.78, 5) is 11.3. The summed E-state index contributed by atoms with van der Waals surface area (Å²) in [6.07, 6.45) is 2.20. The van der Waals surface area contributed by atoms with Crippen LogP contribution in [0.1, 0.15) is 39.2 Å². The van der Waals surface area contributed by atoms with Crippen LogP contribution in [0.25, 0.3) is 0 Å². The Balaban J connectivity index is 1.72. The third-order valence-electron chi connectivity index (χ3n) is 3.63. The van der Waals surface area contributed by atoms with E-state index in [1.54, 1.807) is 6.92 Å². The third kappa shape index (κ3) is 4.37. The highest BCUT2D eigenvalue weighted by Gasteiger charge is 2.49. The van der Waals surface area contributed by atoms with E-state index in [1.807, 2.05) is 44.2 Å². The Morgan fingerprint density at radius 2 is 1.95 bits per heavy atom. The minimum absolute atomic E-state index is 0.217. The summed E-state index contributed by atoms with van der Waals surface area (Å²) >= 11 is 0. The highest BCUT2D eigenvalue weighted by Crippen LogP contribution is 2.37. The molecule has 4 nitrogen and oxygen atoms in total. The number of rotatable bonds is 7. The van der Waals surface area contributed by atoms with Crippen molar-refractivity contribution < 1.29 is 19.0 Å². The monoisotopic (exact) mass is 292 g/mol. The second-order valence-electron chi connectivity index (χ2n) is 6.09. The molecule has 1 aliphatic heterocycles. The number of benzene rings is 1. The van der Waals surface area contributed by atoms with Gasteiger partial charge in [0.2, 0.25) is 0 Å². The van der Waals surface area contributed by atoms with Gasteiger partial charge in [0, 0.05) is 6.61 Å². The van der Waals surface area contributed by atoms with Crippen molar-refractivity contribution in [3.8, 4) is 0 Å². The van der Waals surface area contributed by atoms with Crippen molar-refractivity contribution in [1.29, 1.82) is 0 Å². The first-order valence-corrected chi connectivity index (χ1v) is 7.41. The smallest absolute Gasteiger partial charge is 0.164 e. The van der Waals surface area contributed by atoms with Gasteiger partial charge in [-0.1, -0.05) is 30.3 Å². The predicted molar refractivity (Wildman–Crippen MR) is 79.8 cm³/mol. The molecule has 0 unspecified atom stereocenters. The first-order chi connectivity index (χ1) is 9.95. The normalized spacial score (nSPS) is 27.7. The van der Waals surface area contributed by atoms with E-state index < -0.39 is 11.4 Å². The Kier molecular flexibility index (Phi) is 5.14. The van der Waals surface area contributed by atoms with Gasteiger partial charge in [0.05, 0.1) is 12.7 Å². The molecule has 1 aliphatic rings. The molecule has 4 heteroatoms. The molecular weight excluding hydrogens is 268 g/mol. The fourth-order valence-electron chi connectivity index (χ4n) is 2.66. The van der Waals surface area contributed by atoms with Crippen LogP contribution in [0, 0.1) is 0 Å². The molecule has 0 radical (unpaired) electrons. The number of hydrogen-bond acceptors (Lipinski definition) is 4. The fourth-order valence-corrected chi connectivity index (χ4v) is 2.66. The van der Waals surface area contributed by atoms with Gasteiger partial charge in [-0.2, -0.15) is 0 Å². The quantitative estimate of drug-likeness (QED) is 0.572. The van der Waals surface area contributed by atoms with E-state index in [9.17, 15) is 4.79 Å². The second-order valence-corrected chi connectivity index (χ2v) is 6.09. The fraction of sp³-hybridized carbons (Fsp3) is 0.588. The van der Waals surface area contributed by atoms with Crippen molar-refractivity contribution in [2.75, 3.05) is 6.61 Å². The lowest BCUT2D eigenvalue weighted by molar-refractivity contribution is -0.163. The number of hydrogen-bond donors (Lipinski definition) is 0. The summed E-state index contributed by atoms with van der Waals surface area (Å²) < 4.78 is 17.2. The summed E-state index contributed by atoms with van der Waals surface area (Å²) in [5.41, 5.74) is 0.306. The summed E-state index contributed by atoms with van der Waals surface area (Å²) in [6, 6.07) is 10.1. The van der Waals surface area contributed by atoms with Crippen LogP contribution in [-0.2, 0) is 25.6 Å². The Morgan fingerprint density at radius 3 is 2.62 bits per heavy atom. The van der Waals surface area contributed by atoms with Gasteiger partial charge in [-0.25, -0.2) is 0 Å². The maximum absolute atomic E-state index is 11.3. The average Bonchev–Trinajstić information content (AvgIpc) is 2.69. The van der Waals surface area contributed by atoms with Gasteiger partial charge in [-0.3, -0.25) is 0 Å². The maximum Gasteiger partial charge on any atom is 0.164 e. The third-order valence-corrected chi connectivity index (χ3v) is 3.63. The van der Waals surface area contributed by atoms with Crippen LogP contribution >= 0.6 is 0 Å². The summed E-state index contributed by atoms with van der Waals surface area (Å²) in [5, 5.41) is 0. The summed E-state index contributed by atoms with van der Waals surface area (Å²) in [7, 11) is 0. The lowest BCUT2D eigenvalue weighted by Gasteiger charge is -2.22. The van der Waals surface area contributed by atoms with E-state index in [-0.39, 0.29) is 6.10 Å². The molecule has 2 rings (SSSR count). The molecule has 0 aliphatic carbocycles. The lowest BCUT2D eigenvalue weighted by Crippen LogP contribution is -2.38. The van der Waals surface area contributed by atoms with Crippen molar-refractivity contribution in [2.45, 2.75) is 57.7 Å². The number of carbonyl (C=O) groups excluding carboxylic acids is 1. The molecule has 0 N–H and O–H groups in total. The topological polar surface area (TPSA) is 44.8 Å². The van der Waals surface area contributed by atoms with Crippen molar-refractivity contribution in [3.63, 3.8) is 0 Å². The van der Waals surface area contributed by atoms with Gasteiger partial charge in [-0.05, 0) is 39.2 Å². The lowest BCUT2D eigenvalue weighted by atomic mass is 9.97. The van der Waals surface area contributed by atoms with Crippen LogP contribution in [0.15, 0.2) is 30.3 Å². The molecule has 2 atom stereocenters. The van der Waals surface area contributed by atoms with Crippen molar-refractivity contribution >= 4 is 6.29 Å². The Labute approximate surface area is 126 Å². The van der Waals surface area contributed by atoms with Crippen molar-refractivity contribution in [2.24, 2.45) is 0 Å². The second kappa shape index (κ2) is 6.69. The van der Waals surface area contributed by atoms with Gasteiger partial charge in [0.1, 0.15) is 5.60 Å². The first-order valence-electron chi connectivity index (χ1n) is 7.41. The average molecular weight is 292 g/mol. The minimum Gasteiger partial charge on any atom is -0.377 e. The zero-order valence-corrected chi connectivity index (χ0v) is 13.0.